The van der Waals surface area contributed by atoms with Crippen molar-refractivity contribution in [3.8, 4) is 5.75 Å². The number of unbranched alkanes of at least 4 members (excludes halogenated alkanes) is 1. The average molecular weight is 293 g/mol. The zero-order chi connectivity index (χ0) is 14.2. The van der Waals surface area contributed by atoms with E-state index in [-0.39, 0.29) is 5.88 Å². The Bertz CT molecular complexity index is 549. The molecule has 2 aromatic rings. The summed E-state index contributed by atoms with van der Waals surface area (Å²) in [7, 11) is 0. The first-order chi connectivity index (χ1) is 9.81. The van der Waals surface area contributed by atoms with E-state index in [0.29, 0.717) is 11.8 Å². The van der Waals surface area contributed by atoms with Crippen molar-refractivity contribution in [2.24, 2.45) is 0 Å². The summed E-state index contributed by atoms with van der Waals surface area (Å²) in [5.74, 6) is 1.98. The predicted molar refractivity (Wildman–Crippen MR) is 79.6 cm³/mol. The summed E-state index contributed by atoms with van der Waals surface area (Å²) in [6.07, 6.45) is 5.87. The topological polar surface area (TPSA) is 48.2 Å². The van der Waals surface area contributed by atoms with Crippen molar-refractivity contribution < 1.29 is 9.15 Å². The van der Waals surface area contributed by atoms with Crippen LogP contribution in [0.5, 0.6) is 5.75 Å². The van der Waals surface area contributed by atoms with E-state index in [2.05, 4.69) is 17.1 Å². The molecule has 0 aliphatic heterocycles. The van der Waals surface area contributed by atoms with Crippen molar-refractivity contribution in [3.05, 3.63) is 41.6 Å². The van der Waals surface area contributed by atoms with Gasteiger partial charge in [-0.05, 0) is 30.2 Å². The van der Waals surface area contributed by atoms with Gasteiger partial charge in [-0.25, -0.2) is 0 Å². The Morgan fingerprint density at radius 2 is 2.00 bits per heavy atom. The maximum absolute atomic E-state index is 5.60. The van der Waals surface area contributed by atoms with Crippen molar-refractivity contribution in [2.75, 3.05) is 6.61 Å². The highest BCUT2D eigenvalue weighted by Crippen LogP contribution is 2.15. The minimum atomic E-state index is 0.227. The summed E-state index contributed by atoms with van der Waals surface area (Å²) in [5.41, 5.74) is 1.04. The van der Waals surface area contributed by atoms with Crippen LogP contribution >= 0.6 is 11.6 Å². The average Bonchev–Trinajstić information content (AvgIpc) is 2.95. The standard InChI is InChI=1S/C15H17ClN2O2/c1-2-3-10-19-13-7-4-12(5-8-13)6-9-14-17-18-15(11-16)20-14/h4-9H,2-3,10-11H2,1H3. The summed E-state index contributed by atoms with van der Waals surface area (Å²) >= 11 is 5.59. The first-order valence-electron chi connectivity index (χ1n) is 6.61. The molecule has 0 N–H and O–H groups in total. The van der Waals surface area contributed by atoms with Gasteiger partial charge in [0.15, 0.2) is 0 Å². The molecule has 4 nitrogen and oxygen atoms in total. The van der Waals surface area contributed by atoms with Gasteiger partial charge in [0, 0.05) is 6.08 Å². The molecule has 0 spiro atoms. The normalized spacial score (nSPS) is 11.1. The molecule has 0 aliphatic rings. The van der Waals surface area contributed by atoms with E-state index in [9.17, 15) is 0 Å². The first-order valence-corrected chi connectivity index (χ1v) is 7.14. The van der Waals surface area contributed by atoms with Gasteiger partial charge in [0.1, 0.15) is 11.6 Å². The van der Waals surface area contributed by atoms with Gasteiger partial charge in [0.2, 0.25) is 11.8 Å². The fraction of sp³-hybridized carbons (Fsp3) is 0.333. The zero-order valence-corrected chi connectivity index (χ0v) is 12.1. The van der Waals surface area contributed by atoms with Crippen LogP contribution in [0.4, 0.5) is 0 Å². The second-order valence-electron chi connectivity index (χ2n) is 4.27. The lowest BCUT2D eigenvalue weighted by Gasteiger charge is -2.04. The van der Waals surface area contributed by atoms with E-state index in [1.807, 2.05) is 30.3 Å². The van der Waals surface area contributed by atoms with Gasteiger partial charge >= 0.3 is 0 Å². The number of halogens is 1. The Morgan fingerprint density at radius 1 is 1.20 bits per heavy atom. The largest absolute Gasteiger partial charge is 0.494 e. The molecule has 20 heavy (non-hydrogen) atoms. The number of nitrogens with zero attached hydrogens (tertiary/aromatic N) is 2. The molecule has 0 amide bonds. The molecular formula is C15H17ClN2O2. The molecule has 1 heterocycles. The third-order valence-electron chi connectivity index (χ3n) is 2.66. The van der Waals surface area contributed by atoms with Gasteiger partial charge in [-0.2, -0.15) is 0 Å². The molecule has 106 valence electrons. The van der Waals surface area contributed by atoms with Gasteiger partial charge in [-0.3, -0.25) is 0 Å². The Hall–Kier alpha value is -1.81. The molecule has 0 atom stereocenters. The molecule has 1 aromatic carbocycles. The van der Waals surface area contributed by atoms with Crippen molar-refractivity contribution >= 4 is 23.8 Å². The molecule has 0 fully saturated rings. The van der Waals surface area contributed by atoms with Gasteiger partial charge in [0.25, 0.3) is 0 Å². The molecule has 0 unspecified atom stereocenters. The summed E-state index contributed by atoms with van der Waals surface area (Å²) < 4.78 is 10.9. The molecule has 0 bridgehead atoms. The third kappa shape index (κ3) is 4.38. The number of ether oxygens (including phenoxy) is 1. The number of alkyl halides is 1. The Balaban J connectivity index is 1.92. The van der Waals surface area contributed by atoms with Crippen LogP contribution in [0.15, 0.2) is 28.7 Å². The molecule has 5 heteroatoms. The van der Waals surface area contributed by atoms with Crippen LogP contribution in [-0.2, 0) is 5.88 Å². The van der Waals surface area contributed by atoms with E-state index in [4.69, 9.17) is 20.8 Å². The quantitative estimate of drug-likeness (QED) is 0.568. The van der Waals surface area contributed by atoms with E-state index in [1.165, 1.54) is 0 Å². The highest BCUT2D eigenvalue weighted by molar-refractivity contribution is 6.16. The molecule has 0 aliphatic carbocycles. The van der Waals surface area contributed by atoms with Crippen molar-refractivity contribution in [3.63, 3.8) is 0 Å². The van der Waals surface area contributed by atoms with Crippen LogP contribution in [0.2, 0.25) is 0 Å². The van der Waals surface area contributed by atoms with Crippen LogP contribution in [0, 0.1) is 0 Å². The molecule has 0 saturated heterocycles. The Kier molecular flexibility index (Phi) is 5.62. The molecule has 1 aromatic heterocycles. The predicted octanol–water partition coefficient (Wildman–Crippen LogP) is 4.16. The summed E-state index contributed by atoms with van der Waals surface area (Å²) in [6, 6.07) is 7.87. The molecular weight excluding hydrogens is 276 g/mol. The van der Waals surface area contributed by atoms with Crippen LogP contribution in [0.3, 0.4) is 0 Å². The molecule has 2 rings (SSSR count). The van der Waals surface area contributed by atoms with Crippen LogP contribution in [0.25, 0.3) is 12.2 Å². The van der Waals surface area contributed by atoms with Crippen LogP contribution < -0.4 is 4.74 Å². The maximum Gasteiger partial charge on any atom is 0.240 e. The number of hydrogen-bond donors (Lipinski definition) is 0. The highest BCUT2D eigenvalue weighted by atomic mass is 35.5. The number of benzene rings is 1. The molecule has 0 saturated carbocycles. The molecule has 0 radical (unpaired) electrons. The highest BCUT2D eigenvalue weighted by Gasteiger charge is 2.00. The Morgan fingerprint density at radius 3 is 2.65 bits per heavy atom. The lowest BCUT2D eigenvalue weighted by molar-refractivity contribution is 0.309. The summed E-state index contributed by atoms with van der Waals surface area (Å²) in [4.78, 5) is 0. The van der Waals surface area contributed by atoms with Gasteiger partial charge in [-0.1, -0.05) is 25.5 Å². The SMILES string of the molecule is CCCCOc1ccc(C=Cc2nnc(CCl)o2)cc1. The lowest BCUT2D eigenvalue weighted by Crippen LogP contribution is -1.95. The van der Waals surface area contributed by atoms with Crippen molar-refractivity contribution in [2.45, 2.75) is 25.6 Å². The van der Waals surface area contributed by atoms with Crippen LogP contribution in [0.1, 0.15) is 37.1 Å². The van der Waals surface area contributed by atoms with Crippen molar-refractivity contribution in [1.29, 1.82) is 0 Å². The van der Waals surface area contributed by atoms with Gasteiger partial charge in [-0.15, -0.1) is 21.8 Å². The monoisotopic (exact) mass is 292 g/mol. The van der Waals surface area contributed by atoms with Gasteiger partial charge in [0.05, 0.1) is 6.61 Å². The van der Waals surface area contributed by atoms with E-state index in [1.54, 1.807) is 6.08 Å². The lowest BCUT2D eigenvalue weighted by atomic mass is 10.2. The summed E-state index contributed by atoms with van der Waals surface area (Å²) in [5, 5.41) is 7.64. The first kappa shape index (κ1) is 14.6. The van der Waals surface area contributed by atoms with E-state index < -0.39 is 0 Å². The van der Waals surface area contributed by atoms with Crippen LogP contribution in [-0.4, -0.2) is 16.8 Å². The maximum atomic E-state index is 5.60. The van der Waals surface area contributed by atoms with Crippen molar-refractivity contribution in [1.82, 2.24) is 10.2 Å². The number of rotatable bonds is 7. The zero-order valence-electron chi connectivity index (χ0n) is 11.4. The smallest absolute Gasteiger partial charge is 0.240 e. The number of aromatic nitrogens is 2. The minimum Gasteiger partial charge on any atom is -0.494 e. The fourth-order valence-electron chi connectivity index (χ4n) is 1.56. The summed E-state index contributed by atoms with van der Waals surface area (Å²) in [6.45, 7) is 2.90. The minimum absolute atomic E-state index is 0.227. The van der Waals surface area contributed by atoms with Gasteiger partial charge < -0.3 is 9.15 Å². The van der Waals surface area contributed by atoms with E-state index in [0.717, 1.165) is 30.8 Å². The number of hydrogen-bond acceptors (Lipinski definition) is 4. The second-order valence-corrected chi connectivity index (χ2v) is 4.54. The third-order valence-corrected chi connectivity index (χ3v) is 2.89. The second kappa shape index (κ2) is 7.70. The Labute approximate surface area is 123 Å². The fourth-order valence-corrected chi connectivity index (χ4v) is 1.67. The van der Waals surface area contributed by atoms with E-state index >= 15 is 0 Å².